The Hall–Kier alpha value is -0.950. The molecule has 1 saturated heterocycles. The van der Waals surface area contributed by atoms with Crippen LogP contribution in [0.2, 0.25) is 0 Å². The molecule has 0 radical (unpaired) electrons. The van der Waals surface area contributed by atoms with Gasteiger partial charge in [0.05, 0.1) is 11.5 Å². The van der Waals surface area contributed by atoms with E-state index in [1.54, 1.807) is 11.4 Å². The minimum atomic E-state index is -3.45. The number of nitrogens with zero attached hydrogens (tertiary/aromatic N) is 2. The molecule has 0 N–H and O–H groups in total. The first kappa shape index (κ1) is 20.4. The van der Waals surface area contributed by atoms with E-state index in [1.807, 2.05) is 26.0 Å². The van der Waals surface area contributed by atoms with Gasteiger partial charge in [0.25, 0.3) is 0 Å². The molecule has 0 aliphatic carbocycles. The van der Waals surface area contributed by atoms with Crippen LogP contribution in [0.4, 0.5) is 0 Å². The second-order valence-corrected chi connectivity index (χ2v) is 9.80. The Kier molecular flexibility index (Phi) is 6.30. The lowest BCUT2D eigenvalue weighted by molar-refractivity contribution is 0.123. The van der Waals surface area contributed by atoms with Gasteiger partial charge in [-0.3, -0.25) is 4.90 Å². The summed E-state index contributed by atoms with van der Waals surface area (Å²) in [6.45, 7) is 14.4. The van der Waals surface area contributed by atoms with E-state index >= 15 is 0 Å². The number of ether oxygens (including phenoxy) is 1. The summed E-state index contributed by atoms with van der Waals surface area (Å²) >= 11 is 0. The van der Waals surface area contributed by atoms with E-state index in [0.717, 1.165) is 30.8 Å². The minimum Gasteiger partial charge on any atom is -0.383 e. The minimum absolute atomic E-state index is 0.00475. The van der Waals surface area contributed by atoms with Crippen molar-refractivity contribution in [2.45, 2.75) is 44.9 Å². The van der Waals surface area contributed by atoms with E-state index in [2.05, 4.69) is 25.7 Å². The number of sulfonamides is 1. The van der Waals surface area contributed by atoms with Crippen molar-refractivity contribution in [2.75, 3.05) is 46.4 Å². The molecule has 2 rings (SSSR count). The quantitative estimate of drug-likeness (QED) is 0.801. The number of aryl methyl sites for hydroxylation is 2. The van der Waals surface area contributed by atoms with Crippen LogP contribution in [0, 0.1) is 13.8 Å². The predicted octanol–water partition coefficient (Wildman–Crippen LogP) is 2.55. The monoisotopic (exact) mass is 368 g/mol. The third-order valence-electron chi connectivity index (χ3n) is 4.87. The van der Waals surface area contributed by atoms with Crippen molar-refractivity contribution in [3.63, 3.8) is 0 Å². The zero-order valence-electron chi connectivity index (χ0n) is 16.4. The van der Waals surface area contributed by atoms with Crippen LogP contribution < -0.4 is 0 Å². The van der Waals surface area contributed by atoms with E-state index < -0.39 is 10.0 Å². The van der Waals surface area contributed by atoms with Gasteiger partial charge >= 0.3 is 0 Å². The Balaban J connectivity index is 2.23. The van der Waals surface area contributed by atoms with Crippen LogP contribution in [0.25, 0.3) is 0 Å². The van der Waals surface area contributed by atoms with E-state index in [1.165, 1.54) is 5.56 Å². The molecular weight excluding hydrogens is 336 g/mol. The molecule has 1 aliphatic heterocycles. The van der Waals surface area contributed by atoms with Gasteiger partial charge in [-0.25, -0.2) is 8.42 Å². The zero-order chi connectivity index (χ0) is 18.8. The maximum Gasteiger partial charge on any atom is 0.243 e. The van der Waals surface area contributed by atoms with Crippen molar-refractivity contribution in [1.82, 2.24) is 9.21 Å². The topological polar surface area (TPSA) is 49.9 Å². The fourth-order valence-electron chi connectivity index (χ4n) is 3.33. The number of piperazine rings is 1. The molecule has 0 saturated carbocycles. The lowest BCUT2D eigenvalue weighted by Crippen LogP contribution is -2.49. The smallest absolute Gasteiger partial charge is 0.243 e. The molecule has 6 heteroatoms. The maximum absolute atomic E-state index is 13.2. The number of hydrogen-bond acceptors (Lipinski definition) is 4. The molecule has 0 spiro atoms. The second kappa shape index (κ2) is 7.74. The van der Waals surface area contributed by atoms with E-state index in [9.17, 15) is 8.42 Å². The average Bonchev–Trinajstić information content (AvgIpc) is 2.51. The molecular formula is C19H32N2O3S. The van der Waals surface area contributed by atoms with E-state index in [-0.39, 0.29) is 5.41 Å². The molecule has 0 bridgehead atoms. The van der Waals surface area contributed by atoms with Gasteiger partial charge in [0, 0.05) is 39.8 Å². The number of methoxy groups -OCH3 is 1. The summed E-state index contributed by atoms with van der Waals surface area (Å²) in [5, 5.41) is 0. The first-order valence-corrected chi connectivity index (χ1v) is 10.3. The molecule has 1 heterocycles. The normalized spacial score (nSPS) is 17.8. The number of benzene rings is 1. The Morgan fingerprint density at radius 1 is 1.04 bits per heavy atom. The Morgan fingerprint density at radius 3 is 2.00 bits per heavy atom. The van der Waals surface area contributed by atoms with Crippen LogP contribution in [0.3, 0.4) is 0 Å². The van der Waals surface area contributed by atoms with Gasteiger partial charge in [-0.1, -0.05) is 32.9 Å². The van der Waals surface area contributed by atoms with Crippen LogP contribution >= 0.6 is 0 Å². The summed E-state index contributed by atoms with van der Waals surface area (Å²) in [6.07, 6.45) is 0. The van der Waals surface area contributed by atoms with Crippen LogP contribution in [-0.4, -0.2) is 64.1 Å². The van der Waals surface area contributed by atoms with Crippen molar-refractivity contribution >= 4 is 10.0 Å². The summed E-state index contributed by atoms with van der Waals surface area (Å²) in [5.74, 6) is 0. The molecule has 0 aromatic heterocycles. The maximum atomic E-state index is 13.2. The Bertz CT molecular complexity index is 677. The van der Waals surface area contributed by atoms with Crippen LogP contribution in [0.1, 0.15) is 37.5 Å². The van der Waals surface area contributed by atoms with Gasteiger partial charge in [0.1, 0.15) is 0 Å². The molecule has 1 aromatic carbocycles. The Morgan fingerprint density at radius 2 is 1.56 bits per heavy atom. The molecule has 0 unspecified atom stereocenters. The average molecular weight is 369 g/mol. The molecule has 0 atom stereocenters. The van der Waals surface area contributed by atoms with Crippen molar-refractivity contribution in [3.05, 3.63) is 28.8 Å². The highest BCUT2D eigenvalue weighted by atomic mass is 32.2. The first-order valence-electron chi connectivity index (χ1n) is 8.90. The molecule has 5 nitrogen and oxygen atoms in total. The lowest BCUT2D eigenvalue weighted by Gasteiger charge is -2.34. The molecule has 1 fully saturated rings. The first-order chi connectivity index (χ1) is 11.6. The Labute approximate surface area is 153 Å². The van der Waals surface area contributed by atoms with Gasteiger partial charge in [0.2, 0.25) is 10.0 Å². The van der Waals surface area contributed by atoms with Crippen molar-refractivity contribution in [1.29, 1.82) is 0 Å². The fraction of sp³-hybridized carbons (Fsp3) is 0.684. The van der Waals surface area contributed by atoms with E-state index in [4.69, 9.17) is 4.74 Å². The van der Waals surface area contributed by atoms with Gasteiger partial charge in [-0.15, -0.1) is 0 Å². The molecule has 25 heavy (non-hydrogen) atoms. The highest BCUT2D eigenvalue weighted by Gasteiger charge is 2.31. The molecule has 0 amide bonds. The number of hydrogen-bond donors (Lipinski definition) is 0. The van der Waals surface area contributed by atoms with Crippen LogP contribution in [0.15, 0.2) is 17.0 Å². The summed E-state index contributed by atoms with van der Waals surface area (Å²) in [5.41, 5.74) is 2.86. The summed E-state index contributed by atoms with van der Waals surface area (Å²) in [4.78, 5) is 2.73. The lowest BCUT2D eigenvalue weighted by atomic mass is 9.85. The predicted molar refractivity (Wildman–Crippen MR) is 102 cm³/mol. The van der Waals surface area contributed by atoms with Crippen LogP contribution in [-0.2, 0) is 20.2 Å². The van der Waals surface area contributed by atoms with Gasteiger partial charge in [-0.2, -0.15) is 4.31 Å². The van der Waals surface area contributed by atoms with Crippen LogP contribution in [0.5, 0.6) is 0 Å². The highest BCUT2D eigenvalue weighted by Crippen LogP contribution is 2.31. The SMILES string of the molecule is COCCN1CCN(S(=O)(=O)c2c(C)cc(C(C)(C)C)cc2C)CC1. The third kappa shape index (κ3) is 4.61. The zero-order valence-corrected chi connectivity index (χ0v) is 17.2. The highest BCUT2D eigenvalue weighted by molar-refractivity contribution is 7.89. The molecule has 1 aliphatic rings. The fourth-order valence-corrected chi connectivity index (χ4v) is 5.17. The molecule has 142 valence electrons. The largest absolute Gasteiger partial charge is 0.383 e. The van der Waals surface area contributed by atoms with Crippen molar-refractivity contribution in [2.24, 2.45) is 0 Å². The van der Waals surface area contributed by atoms with Gasteiger partial charge in [-0.05, 0) is 36.0 Å². The number of rotatable bonds is 5. The van der Waals surface area contributed by atoms with Gasteiger partial charge in [0.15, 0.2) is 0 Å². The third-order valence-corrected chi connectivity index (χ3v) is 7.07. The summed E-state index contributed by atoms with van der Waals surface area (Å²) in [6, 6.07) is 4.05. The van der Waals surface area contributed by atoms with Crippen molar-refractivity contribution < 1.29 is 13.2 Å². The standard InChI is InChI=1S/C19H32N2O3S/c1-15-13-17(19(3,4)5)14-16(2)18(15)25(22,23)21-9-7-20(8-10-21)11-12-24-6/h13-14H,7-12H2,1-6H3. The summed E-state index contributed by atoms with van der Waals surface area (Å²) in [7, 11) is -1.77. The summed E-state index contributed by atoms with van der Waals surface area (Å²) < 4.78 is 33.1. The second-order valence-electron chi connectivity index (χ2n) is 7.93. The van der Waals surface area contributed by atoms with Crippen molar-refractivity contribution in [3.8, 4) is 0 Å². The van der Waals surface area contributed by atoms with Gasteiger partial charge < -0.3 is 4.74 Å². The van der Waals surface area contributed by atoms with E-state index in [0.29, 0.717) is 24.6 Å². The molecule has 1 aromatic rings.